The van der Waals surface area contributed by atoms with Crippen LogP contribution in [0.25, 0.3) is 0 Å². The van der Waals surface area contributed by atoms with Crippen molar-refractivity contribution in [2.24, 2.45) is 11.8 Å². The minimum Gasteiger partial charge on any atom is -0.481 e. The van der Waals surface area contributed by atoms with Crippen molar-refractivity contribution in [1.82, 2.24) is 5.32 Å². The summed E-state index contributed by atoms with van der Waals surface area (Å²) in [6, 6.07) is 4.66. The lowest BCUT2D eigenvalue weighted by Crippen LogP contribution is -2.26. The highest BCUT2D eigenvalue weighted by molar-refractivity contribution is 5.89. The number of amides is 1. The van der Waals surface area contributed by atoms with Crippen molar-refractivity contribution < 1.29 is 19.6 Å². The van der Waals surface area contributed by atoms with Gasteiger partial charge in [0.05, 0.1) is 16.8 Å². The Morgan fingerprint density at radius 2 is 2.15 bits per heavy atom. The second kappa shape index (κ2) is 5.28. The molecule has 0 radical (unpaired) electrons. The molecule has 1 aromatic rings. The third-order valence-corrected chi connectivity index (χ3v) is 3.51. The summed E-state index contributed by atoms with van der Waals surface area (Å²) in [7, 11) is 0. The first-order valence-corrected chi connectivity index (χ1v) is 6.15. The zero-order chi connectivity index (χ0) is 14.9. The summed E-state index contributed by atoms with van der Waals surface area (Å²) < 4.78 is 0. The molecule has 1 fully saturated rings. The number of benzene rings is 1. The van der Waals surface area contributed by atoms with Gasteiger partial charge >= 0.3 is 5.97 Å². The van der Waals surface area contributed by atoms with Gasteiger partial charge in [-0.15, -0.1) is 0 Å². The molecule has 1 aliphatic carbocycles. The van der Waals surface area contributed by atoms with Crippen molar-refractivity contribution in [2.45, 2.75) is 19.9 Å². The maximum atomic E-state index is 11.7. The molecule has 2 atom stereocenters. The lowest BCUT2D eigenvalue weighted by molar-refractivity contribution is -0.385. The van der Waals surface area contributed by atoms with Crippen LogP contribution in [0, 0.1) is 28.9 Å². The van der Waals surface area contributed by atoms with Gasteiger partial charge in [-0.1, -0.05) is 12.1 Å². The van der Waals surface area contributed by atoms with E-state index in [0.29, 0.717) is 17.5 Å². The summed E-state index contributed by atoms with van der Waals surface area (Å²) >= 11 is 0. The minimum atomic E-state index is -0.961. The Balaban J connectivity index is 1.98. The zero-order valence-electron chi connectivity index (χ0n) is 10.8. The molecule has 2 N–H and O–H groups in total. The number of nitrogens with one attached hydrogen (secondary N) is 1. The molecule has 1 amide bonds. The zero-order valence-corrected chi connectivity index (χ0v) is 10.8. The standard InChI is InChI=1S/C13H14N2O5/c1-7-8(3-2-4-11(7)15(19)20)6-14-12(16)9-5-10(9)13(17)18/h2-4,9-10H,5-6H2,1H3,(H,14,16)(H,17,18). The van der Waals surface area contributed by atoms with E-state index in [9.17, 15) is 19.7 Å². The maximum absolute atomic E-state index is 11.7. The van der Waals surface area contributed by atoms with Crippen molar-refractivity contribution in [3.8, 4) is 0 Å². The van der Waals surface area contributed by atoms with Gasteiger partial charge in [0.15, 0.2) is 0 Å². The van der Waals surface area contributed by atoms with Crippen molar-refractivity contribution in [1.29, 1.82) is 0 Å². The van der Waals surface area contributed by atoms with Crippen LogP contribution in [0.2, 0.25) is 0 Å². The number of carboxylic acids is 1. The van der Waals surface area contributed by atoms with E-state index in [1.54, 1.807) is 19.1 Å². The molecule has 0 bridgehead atoms. The molecule has 2 unspecified atom stereocenters. The maximum Gasteiger partial charge on any atom is 0.307 e. The van der Waals surface area contributed by atoms with E-state index in [0.717, 1.165) is 0 Å². The van der Waals surface area contributed by atoms with Crippen LogP contribution < -0.4 is 5.32 Å². The van der Waals surface area contributed by atoms with Crippen molar-refractivity contribution in [2.75, 3.05) is 0 Å². The number of nitrogens with zero attached hydrogens (tertiary/aromatic N) is 1. The Morgan fingerprint density at radius 3 is 2.70 bits per heavy atom. The van der Waals surface area contributed by atoms with Crippen LogP contribution in [-0.4, -0.2) is 21.9 Å². The van der Waals surface area contributed by atoms with Crippen LogP contribution >= 0.6 is 0 Å². The molecular formula is C13H14N2O5. The number of carbonyl (C=O) groups excluding carboxylic acids is 1. The SMILES string of the molecule is Cc1c(CNC(=O)C2CC2C(=O)O)cccc1[N+](=O)[O-]. The summed E-state index contributed by atoms with van der Waals surface area (Å²) in [6.07, 6.45) is 0.356. The molecule has 2 rings (SSSR count). The summed E-state index contributed by atoms with van der Waals surface area (Å²) in [5.41, 5.74) is 1.16. The fraction of sp³-hybridized carbons (Fsp3) is 0.385. The first kappa shape index (κ1) is 14.0. The third kappa shape index (κ3) is 2.76. The molecule has 1 aromatic carbocycles. The number of hydrogen-bond acceptors (Lipinski definition) is 4. The number of rotatable bonds is 5. The Morgan fingerprint density at radius 1 is 1.45 bits per heavy atom. The average molecular weight is 278 g/mol. The lowest BCUT2D eigenvalue weighted by Gasteiger charge is -2.08. The highest BCUT2D eigenvalue weighted by atomic mass is 16.6. The van der Waals surface area contributed by atoms with Gasteiger partial charge in [-0.25, -0.2) is 0 Å². The molecule has 1 saturated carbocycles. The van der Waals surface area contributed by atoms with E-state index in [4.69, 9.17) is 5.11 Å². The van der Waals surface area contributed by atoms with E-state index in [1.807, 2.05) is 0 Å². The third-order valence-electron chi connectivity index (χ3n) is 3.51. The van der Waals surface area contributed by atoms with Crippen LogP contribution in [0.15, 0.2) is 18.2 Å². The second-order valence-electron chi connectivity index (χ2n) is 4.82. The van der Waals surface area contributed by atoms with Gasteiger partial charge in [-0.3, -0.25) is 19.7 Å². The minimum absolute atomic E-state index is 0.00610. The van der Waals surface area contributed by atoms with Crippen molar-refractivity contribution in [3.05, 3.63) is 39.4 Å². The van der Waals surface area contributed by atoms with Crippen LogP contribution in [0.5, 0.6) is 0 Å². The normalized spacial score (nSPS) is 20.2. The van der Waals surface area contributed by atoms with Gasteiger partial charge in [0.1, 0.15) is 0 Å². The molecule has 1 aliphatic rings. The predicted octanol–water partition coefficient (Wildman–Crippen LogP) is 1.24. The van der Waals surface area contributed by atoms with Crippen LogP contribution in [0.4, 0.5) is 5.69 Å². The first-order valence-electron chi connectivity index (χ1n) is 6.15. The largest absolute Gasteiger partial charge is 0.481 e. The Bertz CT molecular complexity index is 584. The van der Waals surface area contributed by atoms with Crippen LogP contribution in [-0.2, 0) is 16.1 Å². The summed E-state index contributed by atoms with van der Waals surface area (Å²) in [6.45, 7) is 1.78. The lowest BCUT2D eigenvalue weighted by atomic mass is 10.1. The fourth-order valence-electron chi connectivity index (χ4n) is 2.13. The van der Waals surface area contributed by atoms with E-state index >= 15 is 0 Å². The second-order valence-corrected chi connectivity index (χ2v) is 4.82. The Labute approximate surface area is 114 Å². The number of carbonyl (C=O) groups is 2. The highest BCUT2D eigenvalue weighted by Gasteiger charge is 2.48. The van der Waals surface area contributed by atoms with Gasteiger partial charge in [-0.05, 0) is 18.9 Å². The van der Waals surface area contributed by atoms with E-state index in [-0.39, 0.29) is 18.1 Å². The number of nitro groups is 1. The molecule has 0 saturated heterocycles. The predicted molar refractivity (Wildman–Crippen MR) is 68.9 cm³/mol. The average Bonchev–Trinajstić information content (AvgIpc) is 3.17. The monoisotopic (exact) mass is 278 g/mol. The quantitative estimate of drug-likeness (QED) is 0.622. The molecule has 106 valence electrons. The fourth-order valence-corrected chi connectivity index (χ4v) is 2.13. The smallest absolute Gasteiger partial charge is 0.307 e. The topological polar surface area (TPSA) is 110 Å². The molecule has 0 spiro atoms. The van der Waals surface area contributed by atoms with Gasteiger partial charge in [0.25, 0.3) is 5.69 Å². The molecule has 0 aliphatic heterocycles. The summed E-state index contributed by atoms with van der Waals surface area (Å²) in [5.74, 6) is -2.35. The van der Waals surface area contributed by atoms with Gasteiger partial charge in [-0.2, -0.15) is 0 Å². The van der Waals surface area contributed by atoms with Gasteiger partial charge < -0.3 is 10.4 Å². The van der Waals surface area contributed by atoms with Crippen molar-refractivity contribution >= 4 is 17.6 Å². The summed E-state index contributed by atoms with van der Waals surface area (Å²) in [4.78, 5) is 32.7. The van der Waals surface area contributed by atoms with Gasteiger partial charge in [0, 0.05) is 18.2 Å². The first-order chi connectivity index (χ1) is 9.41. The Hall–Kier alpha value is -2.44. The number of hydrogen-bond donors (Lipinski definition) is 2. The number of aliphatic carboxylic acids is 1. The Kier molecular flexibility index (Phi) is 3.69. The van der Waals surface area contributed by atoms with E-state index in [1.165, 1.54) is 6.07 Å². The van der Waals surface area contributed by atoms with Gasteiger partial charge in [0.2, 0.25) is 5.91 Å². The highest BCUT2D eigenvalue weighted by Crippen LogP contribution is 2.38. The van der Waals surface area contributed by atoms with Crippen LogP contribution in [0.3, 0.4) is 0 Å². The van der Waals surface area contributed by atoms with Crippen molar-refractivity contribution in [3.63, 3.8) is 0 Å². The number of carboxylic acid groups (broad SMARTS) is 1. The van der Waals surface area contributed by atoms with E-state index in [2.05, 4.69) is 5.32 Å². The van der Waals surface area contributed by atoms with Crippen LogP contribution in [0.1, 0.15) is 17.5 Å². The molecule has 0 heterocycles. The molecule has 0 aromatic heterocycles. The molecular weight excluding hydrogens is 264 g/mol. The molecule has 7 nitrogen and oxygen atoms in total. The molecule has 7 heteroatoms. The van der Waals surface area contributed by atoms with E-state index < -0.39 is 22.7 Å². The summed E-state index contributed by atoms with van der Waals surface area (Å²) in [5, 5.41) is 22.2. The molecule has 20 heavy (non-hydrogen) atoms. The number of nitro benzene ring substituents is 1.